The predicted molar refractivity (Wildman–Crippen MR) is 115 cm³/mol. The zero-order valence-corrected chi connectivity index (χ0v) is 20.4. The number of hydrogen-bond donors (Lipinski definition) is 0. The van der Waals surface area contributed by atoms with Crippen LogP contribution in [-0.4, -0.2) is 66.1 Å². The molecule has 1 fully saturated rings. The van der Waals surface area contributed by atoms with Crippen LogP contribution in [0.3, 0.4) is 0 Å². The van der Waals surface area contributed by atoms with Gasteiger partial charge in [-0.3, -0.25) is 0 Å². The smallest absolute Gasteiger partial charge is 0.430 e. The standard InChI is InChI=1S/C21H27BrN2O8/c1-12(2)31-19(27)23-16(14-7-9-15(22)10-8-14)11-21(17(25)29-5,18(26)30-6)24(23)20(28)32-13(3)4/h7-10,12-13,16H,11H2,1-6H3. The largest absolute Gasteiger partial charge is 0.467 e. The quantitative estimate of drug-likeness (QED) is 0.332. The van der Waals surface area contributed by atoms with Gasteiger partial charge in [0.2, 0.25) is 0 Å². The van der Waals surface area contributed by atoms with Crippen molar-refractivity contribution in [2.24, 2.45) is 0 Å². The molecule has 1 saturated heterocycles. The zero-order valence-electron chi connectivity index (χ0n) is 18.8. The molecule has 0 N–H and O–H groups in total. The summed E-state index contributed by atoms with van der Waals surface area (Å²) in [6.45, 7) is 6.45. The van der Waals surface area contributed by atoms with Crippen molar-refractivity contribution in [1.29, 1.82) is 0 Å². The van der Waals surface area contributed by atoms with Crippen molar-refractivity contribution in [3.05, 3.63) is 34.3 Å². The fourth-order valence-electron chi connectivity index (χ4n) is 3.44. The Kier molecular flexibility index (Phi) is 8.11. The van der Waals surface area contributed by atoms with E-state index in [1.54, 1.807) is 52.0 Å². The van der Waals surface area contributed by atoms with Gasteiger partial charge in [0.1, 0.15) is 0 Å². The van der Waals surface area contributed by atoms with Gasteiger partial charge in [-0.05, 0) is 45.4 Å². The van der Waals surface area contributed by atoms with Crippen LogP contribution in [0.5, 0.6) is 0 Å². The Morgan fingerprint density at radius 3 is 1.81 bits per heavy atom. The predicted octanol–water partition coefficient (Wildman–Crippen LogP) is 3.59. The molecule has 1 aliphatic heterocycles. The maximum atomic E-state index is 13.2. The Labute approximate surface area is 194 Å². The molecule has 2 amide bonds. The molecule has 1 aromatic rings. The lowest BCUT2D eigenvalue weighted by Crippen LogP contribution is -2.63. The average molecular weight is 515 g/mol. The highest BCUT2D eigenvalue weighted by atomic mass is 79.9. The molecule has 1 aromatic carbocycles. The number of ether oxygens (including phenoxy) is 4. The third-order valence-corrected chi connectivity index (χ3v) is 5.22. The van der Waals surface area contributed by atoms with Crippen LogP contribution in [0, 0.1) is 0 Å². The highest BCUT2D eigenvalue weighted by Crippen LogP contribution is 2.45. The highest BCUT2D eigenvalue weighted by Gasteiger charge is 2.67. The molecule has 1 unspecified atom stereocenters. The first kappa shape index (κ1) is 25.4. The van der Waals surface area contributed by atoms with Gasteiger partial charge in [-0.15, -0.1) is 0 Å². The Bertz CT molecular complexity index is 855. The van der Waals surface area contributed by atoms with Crippen molar-refractivity contribution in [2.75, 3.05) is 14.2 Å². The number of hydrazine groups is 1. The minimum Gasteiger partial charge on any atom is -0.467 e. The summed E-state index contributed by atoms with van der Waals surface area (Å²) in [4.78, 5) is 52.3. The summed E-state index contributed by atoms with van der Waals surface area (Å²) in [5.41, 5.74) is -1.76. The molecule has 32 heavy (non-hydrogen) atoms. The number of carbonyl (C=O) groups excluding carboxylic acids is 4. The monoisotopic (exact) mass is 514 g/mol. The summed E-state index contributed by atoms with van der Waals surface area (Å²) >= 11 is 3.35. The first-order valence-electron chi connectivity index (χ1n) is 9.92. The van der Waals surface area contributed by atoms with Gasteiger partial charge in [0.05, 0.1) is 32.5 Å². The first-order chi connectivity index (χ1) is 15.0. The number of amides is 2. The fourth-order valence-corrected chi connectivity index (χ4v) is 3.70. The minimum atomic E-state index is -2.30. The van der Waals surface area contributed by atoms with Crippen molar-refractivity contribution >= 4 is 40.1 Å². The van der Waals surface area contributed by atoms with Gasteiger partial charge >= 0.3 is 24.1 Å². The number of benzene rings is 1. The lowest BCUT2D eigenvalue weighted by Gasteiger charge is -2.36. The van der Waals surface area contributed by atoms with Crippen LogP contribution in [0.1, 0.15) is 45.7 Å². The first-order valence-corrected chi connectivity index (χ1v) is 10.7. The van der Waals surface area contributed by atoms with E-state index in [2.05, 4.69) is 15.9 Å². The average Bonchev–Trinajstić information content (AvgIpc) is 3.09. The summed E-state index contributed by atoms with van der Waals surface area (Å²) in [5, 5.41) is 1.57. The van der Waals surface area contributed by atoms with E-state index >= 15 is 0 Å². The molecule has 176 valence electrons. The van der Waals surface area contributed by atoms with Crippen LogP contribution in [-0.2, 0) is 28.5 Å². The molecule has 0 spiro atoms. The van der Waals surface area contributed by atoms with Gasteiger partial charge in [-0.25, -0.2) is 24.2 Å². The lowest BCUT2D eigenvalue weighted by molar-refractivity contribution is -0.175. The van der Waals surface area contributed by atoms with Crippen LogP contribution < -0.4 is 0 Å². The van der Waals surface area contributed by atoms with Crippen LogP contribution in [0.25, 0.3) is 0 Å². The minimum absolute atomic E-state index is 0.325. The van der Waals surface area contributed by atoms with Gasteiger partial charge in [0.25, 0.3) is 5.54 Å². The SMILES string of the molecule is COC(=O)C1(C(=O)OC)CC(c2ccc(Br)cc2)N(C(=O)OC(C)C)N1C(=O)OC(C)C. The maximum absolute atomic E-state index is 13.2. The van der Waals surface area contributed by atoms with Crippen molar-refractivity contribution in [3.8, 4) is 0 Å². The van der Waals surface area contributed by atoms with Crippen LogP contribution in [0.2, 0.25) is 0 Å². The fraction of sp³-hybridized carbons (Fsp3) is 0.524. The van der Waals surface area contributed by atoms with Crippen molar-refractivity contribution in [1.82, 2.24) is 10.0 Å². The summed E-state index contributed by atoms with van der Waals surface area (Å²) in [6.07, 6.45) is -3.51. The van der Waals surface area contributed by atoms with Crippen LogP contribution in [0.4, 0.5) is 9.59 Å². The van der Waals surface area contributed by atoms with Crippen molar-refractivity contribution in [2.45, 2.75) is 57.9 Å². The second kappa shape index (κ2) is 10.2. The molecule has 0 saturated carbocycles. The molecule has 1 atom stereocenters. The molecule has 0 aromatic heterocycles. The maximum Gasteiger partial charge on any atom is 0.430 e. The summed E-state index contributed by atoms with van der Waals surface area (Å²) in [5.74, 6) is -2.15. The third-order valence-electron chi connectivity index (χ3n) is 4.70. The molecule has 2 rings (SSSR count). The number of halogens is 1. The molecule has 11 heteroatoms. The van der Waals surface area contributed by atoms with Crippen molar-refractivity contribution in [3.63, 3.8) is 0 Å². The number of methoxy groups -OCH3 is 2. The van der Waals surface area contributed by atoms with Crippen LogP contribution >= 0.6 is 15.9 Å². The topological polar surface area (TPSA) is 112 Å². The van der Waals surface area contributed by atoms with Gasteiger partial charge in [0.15, 0.2) is 0 Å². The van der Waals surface area contributed by atoms with E-state index in [0.717, 1.165) is 23.7 Å². The van der Waals surface area contributed by atoms with E-state index in [9.17, 15) is 19.2 Å². The van der Waals surface area contributed by atoms with E-state index in [1.807, 2.05) is 0 Å². The molecule has 0 aliphatic carbocycles. The summed E-state index contributed by atoms with van der Waals surface area (Å²) in [7, 11) is 2.14. The molecule has 10 nitrogen and oxygen atoms in total. The Morgan fingerprint density at radius 1 is 0.906 bits per heavy atom. The van der Waals surface area contributed by atoms with E-state index in [0.29, 0.717) is 10.6 Å². The summed E-state index contributed by atoms with van der Waals surface area (Å²) in [6, 6.07) is 5.91. The number of hydrogen-bond acceptors (Lipinski definition) is 8. The second-order valence-electron chi connectivity index (χ2n) is 7.64. The zero-order chi connectivity index (χ0) is 24.2. The Hall–Kier alpha value is -2.82. The van der Waals surface area contributed by atoms with Crippen molar-refractivity contribution < 1.29 is 38.1 Å². The van der Waals surface area contributed by atoms with E-state index in [-0.39, 0.29) is 6.42 Å². The Morgan fingerprint density at radius 2 is 1.38 bits per heavy atom. The Balaban J connectivity index is 2.77. The number of esters is 2. The number of carbonyl (C=O) groups is 4. The third kappa shape index (κ3) is 4.82. The number of nitrogens with zero attached hydrogens (tertiary/aromatic N) is 2. The van der Waals surface area contributed by atoms with Gasteiger partial charge in [-0.1, -0.05) is 28.1 Å². The summed E-state index contributed by atoms with van der Waals surface area (Å²) < 4.78 is 21.2. The highest BCUT2D eigenvalue weighted by molar-refractivity contribution is 9.10. The van der Waals surface area contributed by atoms with Gasteiger partial charge in [0, 0.05) is 10.9 Å². The molecular formula is C21H27BrN2O8. The molecular weight excluding hydrogens is 488 g/mol. The second-order valence-corrected chi connectivity index (χ2v) is 8.55. The molecule has 0 bridgehead atoms. The molecule has 1 aliphatic rings. The van der Waals surface area contributed by atoms with Gasteiger partial charge in [-0.2, -0.15) is 5.01 Å². The van der Waals surface area contributed by atoms with Crippen LogP contribution in [0.15, 0.2) is 28.7 Å². The normalized spacial score (nSPS) is 17.3. The van der Waals surface area contributed by atoms with E-state index < -0.39 is 47.9 Å². The lowest BCUT2D eigenvalue weighted by atomic mass is 9.90. The number of rotatable bonds is 5. The van der Waals surface area contributed by atoms with Gasteiger partial charge < -0.3 is 18.9 Å². The molecule has 1 heterocycles. The van der Waals surface area contributed by atoms with E-state index in [4.69, 9.17) is 18.9 Å². The van der Waals surface area contributed by atoms with E-state index in [1.165, 1.54) is 0 Å². The molecule has 0 radical (unpaired) electrons.